The van der Waals surface area contributed by atoms with Gasteiger partial charge in [0.2, 0.25) is 0 Å². The zero-order valence-electron chi connectivity index (χ0n) is 11.9. The lowest BCUT2D eigenvalue weighted by atomic mass is 9.90. The highest BCUT2D eigenvalue weighted by Gasteiger charge is 2.35. The lowest BCUT2D eigenvalue weighted by Gasteiger charge is -2.41. The van der Waals surface area contributed by atoms with Crippen molar-refractivity contribution >= 4 is 5.69 Å². The topological polar surface area (TPSA) is 23.5 Å². The molecule has 1 saturated carbocycles. The monoisotopic (exact) mass is 259 g/mol. The van der Waals surface area contributed by atoms with E-state index in [1.165, 1.54) is 37.8 Å². The van der Waals surface area contributed by atoms with E-state index in [0.717, 1.165) is 30.5 Å². The molecular weight excluding hydrogens is 234 g/mol. The number of anilines is 1. The number of aliphatic hydroxyl groups is 1. The highest BCUT2D eigenvalue weighted by Crippen LogP contribution is 2.41. The van der Waals surface area contributed by atoms with E-state index in [-0.39, 0.29) is 6.10 Å². The Kier molecular flexibility index (Phi) is 3.79. The summed E-state index contributed by atoms with van der Waals surface area (Å²) in [5.74, 6) is 0.889. The van der Waals surface area contributed by atoms with Crippen LogP contribution in [0, 0.1) is 5.92 Å². The van der Waals surface area contributed by atoms with Gasteiger partial charge in [-0.2, -0.15) is 0 Å². The lowest BCUT2D eigenvalue weighted by molar-refractivity contribution is 0.173. The molecule has 2 aliphatic rings. The Labute approximate surface area is 116 Å². The lowest BCUT2D eigenvalue weighted by Crippen LogP contribution is -2.43. The molecule has 19 heavy (non-hydrogen) atoms. The highest BCUT2D eigenvalue weighted by molar-refractivity contribution is 5.56. The van der Waals surface area contributed by atoms with Gasteiger partial charge >= 0.3 is 0 Å². The molecule has 1 aromatic rings. The van der Waals surface area contributed by atoms with Crippen molar-refractivity contribution in [2.24, 2.45) is 5.92 Å². The Balaban J connectivity index is 1.92. The molecule has 1 N–H and O–H groups in total. The third kappa shape index (κ3) is 2.38. The SMILES string of the molecule is CCC(O)c1ccccc1N1CCCC2CCCC21. The van der Waals surface area contributed by atoms with Crippen LogP contribution in [0.15, 0.2) is 24.3 Å². The van der Waals surface area contributed by atoms with Gasteiger partial charge in [-0.1, -0.05) is 31.5 Å². The van der Waals surface area contributed by atoms with E-state index in [1.807, 2.05) is 6.07 Å². The van der Waals surface area contributed by atoms with Crippen molar-refractivity contribution in [3.63, 3.8) is 0 Å². The van der Waals surface area contributed by atoms with Crippen molar-refractivity contribution < 1.29 is 5.11 Å². The highest BCUT2D eigenvalue weighted by atomic mass is 16.3. The van der Waals surface area contributed by atoms with Crippen molar-refractivity contribution in [2.75, 3.05) is 11.4 Å². The number of benzene rings is 1. The van der Waals surface area contributed by atoms with Crippen molar-refractivity contribution in [3.05, 3.63) is 29.8 Å². The van der Waals surface area contributed by atoms with Crippen molar-refractivity contribution in [1.29, 1.82) is 0 Å². The summed E-state index contributed by atoms with van der Waals surface area (Å²) < 4.78 is 0. The first-order valence-electron chi connectivity index (χ1n) is 7.85. The predicted octanol–water partition coefficient (Wildman–Crippen LogP) is 3.90. The molecule has 0 bridgehead atoms. The van der Waals surface area contributed by atoms with Crippen LogP contribution in [0.2, 0.25) is 0 Å². The summed E-state index contributed by atoms with van der Waals surface area (Å²) in [5, 5.41) is 10.3. The molecule has 104 valence electrons. The number of piperidine rings is 1. The minimum absolute atomic E-state index is 0.321. The van der Waals surface area contributed by atoms with Crippen LogP contribution >= 0.6 is 0 Å². The fourth-order valence-electron chi connectivity index (χ4n) is 4.00. The first-order chi connectivity index (χ1) is 9.31. The Morgan fingerprint density at radius 3 is 2.84 bits per heavy atom. The van der Waals surface area contributed by atoms with E-state index in [2.05, 4.69) is 30.0 Å². The summed E-state index contributed by atoms with van der Waals surface area (Å²) in [6.07, 6.45) is 7.29. The predicted molar refractivity (Wildman–Crippen MR) is 79.4 cm³/mol. The average Bonchev–Trinajstić information content (AvgIpc) is 2.94. The molecule has 0 radical (unpaired) electrons. The van der Waals surface area contributed by atoms with Crippen LogP contribution in [-0.4, -0.2) is 17.7 Å². The van der Waals surface area contributed by atoms with Crippen molar-refractivity contribution in [2.45, 2.75) is 57.6 Å². The third-order valence-corrected chi connectivity index (χ3v) is 4.99. The molecule has 3 atom stereocenters. The largest absolute Gasteiger partial charge is 0.388 e. The normalized spacial score (nSPS) is 28.2. The fourth-order valence-corrected chi connectivity index (χ4v) is 4.00. The molecule has 3 unspecified atom stereocenters. The number of fused-ring (bicyclic) bond motifs is 1. The zero-order valence-corrected chi connectivity index (χ0v) is 11.9. The van der Waals surface area contributed by atoms with Crippen LogP contribution in [0.25, 0.3) is 0 Å². The van der Waals surface area contributed by atoms with Gasteiger partial charge < -0.3 is 10.0 Å². The summed E-state index contributed by atoms with van der Waals surface area (Å²) in [4.78, 5) is 2.59. The van der Waals surface area contributed by atoms with Crippen LogP contribution in [0.5, 0.6) is 0 Å². The van der Waals surface area contributed by atoms with Crippen LogP contribution in [0.1, 0.15) is 57.1 Å². The number of aliphatic hydroxyl groups excluding tert-OH is 1. The number of hydrogen-bond acceptors (Lipinski definition) is 2. The standard InChI is InChI=1S/C17H25NO/c1-2-17(19)14-9-3-4-10-16(14)18-12-6-8-13-7-5-11-15(13)18/h3-4,9-10,13,15,17,19H,2,5-8,11-12H2,1H3. The summed E-state index contributed by atoms with van der Waals surface area (Å²) in [6, 6.07) is 9.18. The molecule has 3 rings (SSSR count). The smallest absolute Gasteiger partial charge is 0.0807 e. The van der Waals surface area contributed by atoms with Gasteiger partial charge in [0.25, 0.3) is 0 Å². The second-order valence-electron chi connectivity index (χ2n) is 6.08. The van der Waals surface area contributed by atoms with Crippen LogP contribution in [-0.2, 0) is 0 Å². The summed E-state index contributed by atoms with van der Waals surface area (Å²) in [6.45, 7) is 3.21. The summed E-state index contributed by atoms with van der Waals surface area (Å²) in [7, 11) is 0. The molecule has 0 aromatic heterocycles. The van der Waals surface area contributed by atoms with Gasteiger partial charge in [-0.05, 0) is 44.1 Å². The Morgan fingerprint density at radius 2 is 2.00 bits per heavy atom. The van der Waals surface area contributed by atoms with E-state index in [9.17, 15) is 5.11 Å². The van der Waals surface area contributed by atoms with Crippen LogP contribution < -0.4 is 4.90 Å². The molecule has 2 heteroatoms. The molecule has 1 aromatic carbocycles. The van der Waals surface area contributed by atoms with Crippen LogP contribution in [0.3, 0.4) is 0 Å². The first-order valence-corrected chi connectivity index (χ1v) is 7.85. The Bertz CT molecular complexity index is 431. The van der Waals surface area contributed by atoms with Gasteiger partial charge in [-0.25, -0.2) is 0 Å². The van der Waals surface area contributed by atoms with E-state index in [4.69, 9.17) is 0 Å². The van der Waals surface area contributed by atoms with Gasteiger partial charge in [0.1, 0.15) is 0 Å². The molecular formula is C17H25NO. The van der Waals surface area contributed by atoms with Gasteiger partial charge in [-0.3, -0.25) is 0 Å². The van der Waals surface area contributed by atoms with Crippen LogP contribution in [0.4, 0.5) is 5.69 Å². The number of para-hydroxylation sites is 1. The third-order valence-electron chi connectivity index (χ3n) is 4.99. The molecule has 1 aliphatic heterocycles. The minimum Gasteiger partial charge on any atom is -0.388 e. The Morgan fingerprint density at radius 1 is 1.21 bits per heavy atom. The van der Waals surface area contributed by atoms with Crippen molar-refractivity contribution in [1.82, 2.24) is 0 Å². The fraction of sp³-hybridized carbons (Fsp3) is 0.647. The van der Waals surface area contributed by atoms with Gasteiger partial charge in [0.05, 0.1) is 6.10 Å². The van der Waals surface area contributed by atoms with Crippen molar-refractivity contribution in [3.8, 4) is 0 Å². The average molecular weight is 259 g/mol. The van der Waals surface area contributed by atoms with Gasteiger partial charge in [-0.15, -0.1) is 0 Å². The number of nitrogens with zero attached hydrogens (tertiary/aromatic N) is 1. The molecule has 1 saturated heterocycles. The van der Waals surface area contributed by atoms with E-state index >= 15 is 0 Å². The maximum atomic E-state index is 10.3. The van der Waals surface area contributed by atoms with Gasteiger partial charge in [0, 0.05) is 23.8 Å². The molecule has 1 heterocycles. The number of rotatable bonds is 3. The van der Waals surface area contributed by atoms with E-state index in [0.29, 0.717) is 0 Å². The van der Waals surface area contributed by atoms with E-state index in [1.54, 1.807) is 0 Å². The second kappa shape index (κ2) is 5.54. The van der Waals surface area contributed by atoms with Gasteiger partial charge in [0.15, 0.2) is 0 Å². The first kappa shape index (κ1) is 13.0. The molecule has 2 nitrogen and oxygen atoms in total. The number of hydrogen-bond donors (Lipinski definition) is 1. The zero-order chi connectivity index (χ0) is 13.2. The molecule has 0 amide bonds. The second-order valence-corrected chi connectivity index (χ2v) is 6.08. The summed E-state index contributed by atoms with van der Waals surface area (Å²) >= 11 is 0. The Hall–Kier alpha value is -1.02. The summed E-state index contributed by atoms with van der Waals surface area (Å²) in [5.41, 5.74) is 2.41. The minimum atomic E-state index is -0.321. The molecule has 2 fully saturated rings. The molecule has 0 spiro atoms. The quantitative estimate of drug-likeness (QED) is 0.890. The van der Waals surface area contributed by atoms with E-state index < -0.39 is 0 Å². The maximum Gasteiger partial charge on any atom is 0.0807 e. The maximum absolute atomic E-state index is 10.3. The molecule has 1 aliphatic carbocycles.